The molecule has 0 aromatic carbocycles. The third-order valence-electron chi connectivity index (χ3n) is 3.18. The van der Waals surface area contributed by atoms with Crippen LogP contribution in [0.4, 0.5) is 0 Å². The smallest absolute Gasteiger partial charge is 0.0826 e. The minimum atomic E-state index is 0.371. The molecule has 0 unspecified atom stereocenters. The van der Waals surface area contributed by atoms with E-state index >= 15 is 0 Å². The predicted molar refractivity (Wildman–Crippen MR) is 77.0 cm³/mol. The Morgan fingerprint density at radius 2 is 2.11 bits per heavy atom. The van der Waals surface area contributed by atoms with Crippen LogP contribution in [0.5, 0.6) is 0 Å². The molecule has 0 spiro atoms. The van der Waals surface area contributed by atoms with Gasteiger partial charge >= 0.3 is 0 Å². The molecule has 0 aromatic heterocycles. The molecule has 1 aliphatic rings. The molecular formula is C14H31N3O. The lowest BCUT2D eigenvalue weighted by atomic mass is 10.2. The van der Waals surface area contributed by atoms with Gasteiger partial charge in [0.2, 0.25) is 0 Å². The van der Waals surface area contributed by atoms with Gasteiger partial charge in [-0.2, -0.15) is 0 Å². The molecule has 108 valence electrons. The van der Waals surface area contributed by atoms with E-state index in [0.717, 1.165) is 58.3 Å². The van der Waals surface area contributed by atoms with Crippen LogP contribution in [0.25, 0.3) is 0 Å². The summed E-state index contributed by atoms with van der Waals surface area (Å²) < 4.78 is 5.77. The van der Waals surface area contributed by atoms with E-state index in [-0.39, 0.29) is 0 Å². The molecule has 0 bridgehead atoms. The van der Waals surface area contributed by atoms with Crippen LogP contribution in [0, 0.1) is 5.92 Å². The normalized spacial score (nSPS) is 21.7. The predicted octanol–water partition coefficient (Wildman–Crippen LogP) is 0.932. The summed E-state index contributed by atoms with van der Waals surface area (Å²) in [6.07, 6.45) is 1.56. The second-order valence-corrected chi connectivity index (χ2v) is 5.60. The molecule has 0 saturated carbocycles. The van der Waals surface area contributed by atoms with Crippen molar-refractivity contribution in [2.45, 2.75) is 33.3 Å². The zero-order chi connectivity index (χ0) is 13.2. The van der Waals surface area contributed by atoms with E-state index in [9.17, 15) is 0 Å². The summed E-state index contributed by atoms with van der Waals surface area (Å²) in [5.74, 6) is 0.737. The lowest BCUT2D eigenvalue weighted by Gasteiger charge is -2.33. The quantitative estimate of drug-likeness (QED) is 0.603. The molecule has 0 radical (unpaired) electrons. The van der Waals surface area contributed by atoms with E-state index in [1.807, 2.05) is 0 Å². The molecule has 4 nitrogen and oxygen atoms in total. The molecule has 1 aliphatic heterocycles. The molecule has 18 heavy (non-hydrogen) atoms. The molecule has 0 aliphatic carbocycles. The molecule has 0 aromatic rings. The van der Waals surface area contributed by atoms with Gasteiger partial charge in [0.1, 0.15) is 0 Å². The lowest BCUT2D eigenvalue weighted by Crippen LogP contribution is -2.48. The van der Waals surface area contributed by atoms with Crippen molar-refractivity contribution in [2.24, 2.45) is 5.92 Å². The van der Waals surface area contributed by atoms with Crippen molar-refractivity contribution >= 4 is 0 Å². The lowest BCUT2D eigenvalue weighted by molar-refractivity contribution is -0.0264. The summed E-state index contributed by atoms with van der Waals surface area (Å²) >= 11 is 0. The zero-order valence-corrected chi connectivity index (χ0v) is 12.4. The molecular weight excluding hydrogens is 226 g/mol. The minimum Gasteiger partial charge on any atom is -0.374 e. The standard InChI is InChI=1S/C14H31N3O/c1-4-5-15-11-14-12-17(8-9-18-14)7-6-16-10-13(2)3/h13-16H,4-12H2,1-3H3/t14-/m0/s1. The topological polar surface area (TPSA) is 36.5 Å². The van der Waals surface area contributed by atoms with Gasteiger partial charge in [-0.05, 0) is 25.4 Å². The second-order valence-electron chi connectivity index (χ2n) is 5.60. The van der Waals surface area contributed by atoms with E-state index in [4.69, 9.17) is 4.74 Å². The third-order valence-corrected chi connectivity index (χ3v) is 3.18. The number of hydrogen-bond acceptors (Lipinski definition) is 4. The highest BCUT2D eigenvalue weighted by molar-refractivity contribution is 4.73. The summed E-state index contributed by atoms with van der Waals surface area (Å²) in [7, 11) is 0. The Hall–Kier alpha value is -0.160. The fourth-order valence-corrected chi connectivity index (χ4v) is 2.17. The monoisotopic (exact) mass is 257 g/mol. The van der Waals surface area contributed by atoms with Crippen LogP contribution in [0.3, 0.4) is 0 Å². The van der Waals surface area contributed by atoms with Crippen molar-refractivity contribution < 1.29 is 4.74 Å². The van der Waals surface area contributed by atoms with Gasteiger partial charge in [0.05, 0.1) is 12.7 Å². The maximum absolute atomic E-state index is 5.77. The highest BCUT2D eigenvalue weighted by Gasteiger charge is 2.19. The van der Waals surface area contributed by atoms with E-state index in [0.29, 0.717) is 6.10 Å². The first-order valence-electron chi connectivity index (χ1n) is 7.47. The SMILES string of the molecule is CCCNC[C@H]1CN(CCNCC(C)C)CCO1. The van der Waals surface area contributed by atoms with Crippen LogP contribution in [0.1, 0.15) is 27.2 Å². The van der Waals surface area contributed by atoms with E-state index < -0.39 is 0 Å². The Kier molecular flexibility index (Phi) is 8.59. The van der Waals surface area contributed by atoms with E-state index in [2.05, 4.69) is 36.3 Å². The van der Waals surface area contributed by atoms with Gasteiger partial charge in [-0.15, -0.1) is 0 Å². The Morgan fingerprint density at radius 1 is 1.28 bits per heavy atom. The van der Waals surface area contributed by atoms with Crippen LogP contribution in [0.15, 0.2) is 0 Å². The van der Waals surface area contributed by atoms with Crippen LogP contribution in [-0.4, -0.2) is 63.4 Å². The third kappa shape index (κ3) is 7.31. The van der Waals surface area contributed by atoms with Crippen LogP contribution in [-0.2, 0) is 4.74 Å². The van der Waals surface area contributed by atoms with Gasteiger partial charge in [0, 0.05) is 32.7 Å². The summed E-state index contributed by atoms with van der Waals surface area (Å²) in [5, 5.41) is 6.94. The summed E-state index contributed by atoms with van der Waals surface area (Å²) in [6, 6.07) is 0. The van der Waals surface area contributed by atoms with Gasteiger partial charge < -0.3 is 15.4 Å². The maximum atomic E-state index is 5.77. The van der Waals surface area contributed by atoms with Gasteiger partial charge in [-0.25, -0.2) is 0 Å². The van der Waals surface area contributed by atoms with Crippen LogP contribution < -0.4 is 10.6 Å². The maximum Gasteiger partial charge on any atom is 0.0826 e. The van der Waals surface area contributed by atoms with E-state index in [1.165, 1.54) is 6.42 Å². The Balaban J connectivity index is 2.06. The Bertz CT molecular complexity index is 199. The van der Waals surface area contributed by atoms with Crippen molar-refractivity contribution in [2.75, 3.05) is 52.4 Å². The second kappa shape index (κ2) is 9.73. The molecule has 1 fully saturated rings. The number of morpholine rings is 1. The summed E-state index contributed by atoms with van der Waals surface area (Å²) in [4.78, 5) is 2.51. The zero-order valence-electron chi connectivity index (χ0n) is 12.4. The van der Waals surface area contributed by atoms with Crippen molar-refractivity contribution in [1.82, 2.24) is 15.5 Å². The Morgan fingerprint density at radius 3 is 2.83 bits per heavy atom. The molecule has 4 heteroatoms. The molecule has 2 N–H and O–H groups in total. The molecule has 1 rings (SSSR count). The molecule has 1 saturated heterocycles. The van der Waals surface area contributed by atoms with Crippen molar-refractivity contribution in [3.8, 4) is 0 Å². The highest BCUT2D eigenvalue weighted by Crippen LogP contribution is 2.03. The first-order valence-corrected chi connectivity index (χ1v) is 7.47. The molecule has 1 heterocycles. The number of ether oxygens (including phenoxy) is 1. The van der Waals surface area contributed by atoms with Crippen molar-refractivity contribution in [3.63, 3.8) is 0 Å². The Labute approximate surface area is 112 Å². The largest absolute Gasteiger partial charge is 0.374 e. The van der Waals surface area contributed by atoms with Gasteiger partial charge in [0.25, 0.3) is 0 Å². The first kappa shape index (κ1) is 15.9. The molecule has 0 amide bonds. The number of nitrogens with zero attached hydrogens (tertiary/aromatic N) is 1. The van der Waals surface area contributed by atoms with Gasteiger partial charge in [-0.3, -0.25) is 4.90 Å². The van der Waals surface area contributed by atoms with Crippen LogP contribution >= 0.6 is 0 Å². The number of hydrogen-bond donors (Lipinski definition) is 2. The van der Waals surface area contributed by atoms with Crippen molar-refractivity contribution in [3.05, 3.63) is 0 Å². The fraction of sp³-hybridized carbons (Fsp3) is 1.00. The van der Waals surface area contributed by atoms with Gasteiger partial charge in [0.15, 0.2) is 0 Å². The van der Waals surface area contributed by atoms with E-state index in [1.54, 1.807) is 0 Å². The summed E-state index contributed by atoms with van der Waals surface area (Å²) in [5.41, 5.74) is 0. The van der Waals surface area contributed by atoms with Crippen molar-refractivity contribution in [1.29, 1.82) is 0 Å². The van der Waals surface area contributed by atoms with Gasteiger partial charge in [-0.1, -0.05) is 20.8 Å². The number of rotatable bonds is 9. The first-order chi connectivity index (χ1) is 8.72. The summed E-state index contributed by atoms with van der Waals surface area (Å²) in [6.45, 7) is 15.1. The number of nitrogens with one attached hydrogen (secondary N) is 2. The highest BCUT2D eigenvalue weighted by atomic mass is 16.5. The minimum absolute atomic E-state index is 0.371. The average Bonchev–Trinajstić information content (AvgIpc) is 2.35. The molecule has 1 atom stereocenters. The average molecular weight is 257 g/mol. The fourth-order valence-electron chi connectivity index (χ4n) is 2.17. The van der Waals surface area contributed by atoms with Crippen LogP contribution in [0.2, 0.25) is 0 Å².